The van der Waals surface area contributed by atoms with Crippen LogP contribution in [0.3, 0.4) is 0 Å². The lowest BCUT2D eigenvalue weighted by atomic mass is 9.88. The van der Waals surface area contributed by atoms with Gasteiger partial charge in [-0.3, -0.25) is 9.69 Å². The molecule has 7 nitrogen and oxygen atoms in total. The molecule has 1 aromatic carbocycles. The number of hydrogen-bond donors (Lipinski definition) is 1. The SMILES string of the molecule is COc1ccc(CN2CCC3(CC[C@H](CNC(=O)[C@H]4CCCO4)O3)CC2)c(OC)c1C. The predicted molar refractivity (Wildman–Crippen MR) is 118 cm³/mol. The van der Waals surface area contributed by atoms with Gasteiger partial charge in [0.2, 0.25) is 5.91 Å². The molecule has 0 bridgehead atoms. The van der Waals surface area contributed by atoms with Gasteiger partial charge in [0.25, 0.3) is 0 Å². The highest BCUT2D eigenvalue weighted by atomic mass is 16.5. The van der Waals surface area contributed by atoms with Crippen molar-refractivity contribution >= 4 is 5.91 Å². The van der Waals surface area contributed by atoms with Gasteiger partial charge in [0.1, 0.15) is 17.6 Å². The third-order valence-electron chi connectivity index (χ3n) is 7.09. The van der Waals surface area contributed by atoms with Crippen molar-refractivity contribution in [2.45, 2.75) is 69.8 Å². The van der Waals surface area contributed by atoms with Crippen LogP contribution in [0.25, 0.3) is 0 Å². The maximum Gasteiger partial charge on any atom is 0.249 e. The molecule has 3 heterocycles. The van der Waals surface area contributed by atoms with Gasteiger partial charge in [-0.05, 0) is 51.5 Å². The van der Waals surface area contributed by atoms with Gasteiger partial charge in [0.15, 0.2) is 0 Å². The second-order valence-corrected chi connectivity index (χ2v) is 9.07. The largest absolute Gasteiger partial charge is 0.496 e. The molecule has 0 aromatic heterocycles. The Kier molecular flexibility index (Phi) is 7.04. The standard InChI is InChI=1S/C24H36N2O5/c1-17-20(28-2)7-6-18(22(17)29-3)16-26-12-10-24(11-13-26)9-8-19(31-24)15-25-23(27)21-5-4-14-30-21/h6-7,19,21H,4-5,8-16H2,1-3H3,(H,25,27)/t19-,21-/m1/s1. The van der Waals surface area contributed by atoms with Crippen LogP contribution in [0.5, 0.6) is 11.5 Å². The molecule has 3 fully saturated rings. The van der Waals surface area contributed by atoms with Crippen LogP contribution in [0.15, 0.2) is 12.1 Å². The Morgan fingerprint density at radius 3 is 2.68 bits per heavy atom. The molecule has 3 saturated heterocycles. The number of ether oxygens (including phenoxy) is 4. The van der Waals surface area contributed by atoms with Crippen LogP contribution in [-0.2, 0) is 20.8 Å². The van der Waals surface area contributed by atoms with Gasteiger partial charge in [0.05, 0.1) is 25.9 Å². The normalized spacial score (nSPS) is 25.6. The zero-order chi connectivity index (χ0) is 21.8. The Labute approximate surface area is 185 Å². The van der Waals surface area contributed by atoms with Gasteiger partial charge in [-0.15, -0.1) is 0 Å². The number of piperidine rings is 1. The topological polar surface area (TPSA) is 69.3 Å². The molecule has 7 heteroatoms. The van der Waals surface area contributed by atoms with Crippen molar-refractivity contribution in [1.82, 2.24) is 10.2 Å². The third kappa shape index (κ3) is 4.99. The highest BCUT2D eigenvalue weighted by Crippen LogP contribution is 2.40. The van der Waals surface area contributed by atoms with Crippen LogP contribution in [0.2, 0.25) is 0 Å². The highest BCUT2D eigenvalue weighted by Gasteiger charge is 2.42. The second-order valence-electron chi connectivity index (χ2n) is 9.07. The number of nitrogens with one attached hydrogen (secondary N) is 1. The van der Waals surface area contributed by atoms with Gasteiger partial charge in [-0.25, -0.2) is 0 Å². The van der Waals surface area contributed by atoms with Gasteiger partial charge >= 0.3 is 0 Å². The Morgan fingerprint density at radius 2 is 2.00 bits per heavy atom. The summed E-state index contributed by atoms with van der Waals surface area (Å²) in [5.74, 6) is 1.79. The van der Waals surface area contributed by atoms with Crippen molar-refractivity contribution in [1.29, 1.82) is 0 Å². The van der Waals surface area contributed by atoms with Gasteiger partial charge in [-0.2, -0.15) is 0 Å². The zero-order valence-corrected chi connectivity index (χ0v) is 19.1. The molecular formula is C24H36N2O5. The highest BCUT2D eigenvalue weighted by molar-refractivity contribution is 5.80. The molecule has 1 amide bonds. The van der Waals surface area contributed by atoms with E-state index in [0.29, 0.717) is 13.2 Å². The average molecular weight is 433 g/mol. The smallest absolute Gasteiger partial charge is 0.249 e. The van der Waals surface area contributed by atoms with Crippen molar-refractivity contribution in [2.75, 3.05) is 40.5 Å². The van der Waals surface area contributed by atoms with E-state index in [4.69, 9.17) is 18.9 Å². The fourth-order valence-corrected chi connectivity index (χ4v) is 5.24. The number of carbonyl (C=O) groups is 1. The summed E-state index contributed by atoms with van der Waals surface area (Å²) in [6, 6.07) is 4.13. The van der Waals surface area contributed by atoms with Crippen LogP contribution >= 0.6 is 0 Å². The number of amides is 1. The predicted octanol–water partition coefficient (Wildman–Crippen LogP) is 2.82. The molecule has 0 unspecified atom stereocenters. The van der Waals surface area contributed by atoms with Crippen LogP contribution in [0, 0.1) is 6.92 Å². The quantitative estimate of drug-likeness (QED) is 0.715. The Bertz CT molecular complexity index is 769. The van der Waals surface area contributed by atoms with Crippen molar-refractivity contribution in [2.24, 2.45) is 0 Å². The fraction of sp³-hybridized carbons (Fsp3) is 0.708. The van der Waals surface area contributed by atoms with E-state index in [1.807, 2.05) is 13.0 Å². The van der Waals surface area contributed by atoms with Crippen LogP contribution in [-0.4, -0.2) is 69.1 Å². The molecule has 0 radical (unpaired) electrons. The molecule has 1 aromatic rings. The first-order valence-electron chi connectivity index (χ1n) is 11.5. The van der Waals surface area contributed by atoms with E-state index < -0.39 is 0 Å². The van der Waals surface area contributed by atoms with E-state index in [2.05, 4.69) is 16.3 Å². The summed E-state index contributed by atoms with van der Waals surface area (Å²) < 4.78 is 23.0. The van der Waals surface area contributed by atoms with E-state index in [1.165, 1.54) is 5.56 Å². The van der Waals surface area contributed by atoms with Crippen LogP contribution < -0.4 is 14.8 Å². The van der Waals surface area contributed by atoms with Crippen molar-refractivity contribution in [3.05, 3.63) is 23.3 Å². The second kappa shape index (κ2) is 9.76. The Balaban J connectivity index is 1.26. The summed E-state index contributed by atoms with van der Waals surface area (Å²) in [4.78, 5) is 14.7. The lowest BCUT2D eigenvalue weighted by Gasteiger charge is -2.39. The van der Waals surface area contributed by atoms with Crippen molar-refractivity contribution in [3.8, 4) is 11.5 Å². The first-order chi connectivity index (χ1) is 15.0. The van der Waals surface area contributed by atoms with E-state index in [9.17, 15) is 4.79 Å². The molecule has 1 N–H and O–H groups in total. The minimum atomic E-state index is -0.266. The number of benzene rings is 1. The van der Waals surface area contributed by atoms with Crippen LogP contribution in [0.1, 0.15) is 49.7 Å². The molecule has 172 valence electrons. The Morgan fingerprint density at radius 1 is 1.19 bits per heavy atom. The summed E-state index contributed by atoms with van der Waals surface area (Å²) in [5, 5.41) is 3.03. The van der Waals surface area contributed by atoms with Gasteiger partial charge in [0, 0.05) is 43.9 Å². The van der Waals surface area contributed by atoms with Crippen LogP contribution in [0.4, 0.5) is 0 Å². The summed E-state index contributed by atoms with van der Waals surface area (Å²) in [6.45, 7) is 6.19. The first-order valence-corrected chi connectivity index (χ1v) is 11.5. The lowest BCUT2D eigenvalue weighted by molar-refractivity contribution is -0.131. The summed E-state index contributed by atoms with van der Waals surface area (Å²) >= 11 is 0. The zero-order valence-electron chi connectivity index (χ0n) is 19.1. The lowest BCUT2D eigenvalue weighted by Crippen LogP contribution is -2.45. The van der Waals surface area contributed by atoms with E-state index in [0.717, 1.165) is 75.2 Å². The van der Waals surface area contributed by atoms with Gasteiger partial charge in [-0.1, -0.05) is 6.07 Å². The Hall–Kier alpha value is -1.83. The molecule has 1 spiro atoms. The molecule has 31 heavy (non-hydrogen) atoms. The molecule has 3 aliphatic heterocycles. The average Bonchev–Trinajstić information content (AvgIpc) is 3.45. The number of hydrogen-bond acceptors (Lipinski definition) is 6. The molecule has 0 aliphatic carbocycles. The maximum atomic E-state index is 12.2. The number of rotatable bonds is 7. The molecular weight excluding hydrogens is 396 g/mol. The third-order valence-corrected chi connectivity index (χ3v) is 7.09. The van der Waals surface area contributed by atoms with E-state index >= 15 is 0 Å². The van der Waals surface area contributed by atoms with E-state index in [-0.39, 0.29) is 23.7 Å². The summed E-state index contributed by atoms with van der Waals surface area (Å²) in [5.41, 5.74) is 2.21. The number of nitrogens with zero attached hydrogens (tertiary/aromatic N) is 1. The van der Waals surface area contributed by atoms with Crippen molar-refractivity contribution in [3.63, 3.8) is 0 Å². The molecule has 4 rings (SSSR count). The molecule has 2 atom stereocenters. The van der Waals surface area contributed by atoms with Crippen molar-refractivity contribution < 1.29 is 23.7 Å². The molecule has 3 aliphatic rings. The number of methoxy groups -OCH3 is 2. The minimum absolute atomic E-state index is 0.0144. The monoisotopic (exact) mass is 432 g/mol. The number of carbonyl (C=O) groups excluding carboxylic acids is 1. The summed E-state index contributed by atoms with van der Waals surface area (Å²) in [6.07, 6.45) is 5.79. The minimum Gasteiger partial charge on any atom is -0.496 e. The van der Waals surface area contributed by atoms with E-state index in [1.54, 1.807) is 14.2 Å². The number of likely N-dealkylation sites (tertiary alicyclic amines) is 1. The maximum absolute atomic E-state index is 12.2. The molecule has 0 saturated carbocycles. The summed E-state index contributed by atoms with van der Waals surface area (Å²) in [7, 11) is 3.41. The fourth-order valence-electron chi connectivity index (χ4n) is 5.24. The van der Waals surface area contributed by atoms with Gasteiger partial charge < -0.3 is 24.3 Å². The first kappa shape index (κ1) is 22.4.